The zero-order valence-corrected chi connectivity index (χ0v) is 10.4. The van der Waals surface area contributed by atoms with E-state index in [0.717, 1.165) is 5.75 Å². The van der Waals surface area contributed by atoms with Gasteiger partial charge >= 0.3 is 5.97 Å². The highest BCUT2D eigenvalue weighted by Gasteiger charge is 2.00. The predicted octanol–water partition coefficient (Wildman–Crippen LogP) is 3.14. The quantitative estimate of drug-likeness (QED) is 0.446. The molecule has 0 amide bonds. The largest absolute Gasteiger partial charge is 0.466 e. The summed E-state index contributed by atoms with van der Waals surface area (Å²) < 4.78 is 4.53. The number of hydrogen-bond acceptors (Lipinski definition) is 3. The average Bonchev–Trinajstić information content (AvgIpc) is 2.34. The van der Waals surface area contributed by atoms with Crippen LogP contribution in [0.3, 0.4) is 0 Å². The van der Waals surface area contributed by atoms with Crippen molar-refractivity contribution in [2.24, 2.45) is 5.92 Å². The standard InChI is InChI=1S/C13H16O2S/c1-11(8-9-13(14)15-2)10-16-12-6-4-3-5-7-12/h3-9,11H,10H2,1-2H3/b9-8+/t11-/m0/s1. The number of rotatable bonds is 5. The van der Waals surface area contributed by atoms with Gasteiger partial charge in [-0.05, 0) is 18.1 Å². The Hall–Kier alpha value is -1.22. The number of carbonyl (C=O) groups excluding carboxylic acids is 1. The highest BCUT2D eigenvalue weighted by molar-refractivity contribution is 7.99. The lowest BCUT2D eigenvalue weighted by Gasteiger charge is -2.05. The molecule has 0 aliphatic heterocycles. The fourth-order valence-corrected chi connectivity index (χ4v) is 2.03. The third kappa shape index (κ3) is 5.03. The van der Waals surface area contributed by atoms with Crippen molar-refractivity contribution in [3.05, 3.63) is 42.5 Å². The Bertz CT molecular complexity index is 346. The van der Waals surface area contributed by atoms with Crippen molar-refractivity contribution in [2.75, 3.05) is 12.9 Å². The Kier molecular flexibility index (Phi) is 5.72. The van der Waals surface area contributed by atoms with E-state index in [4.69, 9.17) is 0 Å². The predicted molar refractivity (Wildman–Crippen MR) is 67.5 cm³/mol. The minimum absolute atomic E-state index is 0.295. The van der Waals surface area contributed by atoms with Crippen molar-refractivity contribution >= 4 is 17.7 Å². The first-order chi connectivity index (χ1) is 7.72. The lowest BCUT2D eigenvalue weighted by molar-refractivity contribution is -0.134. The molecule has 0 fully saturated rings. The Morgan fingerprint density at radius 3 is 2.75 bits per heavy atom. The molecule has 0 spiro atoms. The molecule has 1 aromatic carbocycles. The normalized spacial score (nSPS) is 12.6. The fraction of sp³-hybridized carbons (Fsp3) is 0.308. The van der Waals surface area contributed by atoms with Crippen LogP contribution >= 0.6 is 11.8 Å². The summed E-state index contributed by atoms with van der Waals surface area (Å²) in [6.45, 7) is 2.08. The average molecular weight is 236 g/mol. The van der Waals surface area contributed by atoms with E-state index in [1.807, 2.05) is 24.3 Å². The summed E-state index contributed by atoms with van der Waals surface area (Å²) in [5.41, 5.74) is 0. The van der Waals surface area contributed by atoms with Crippen molar-refractivity contribution in [1.29, 1.82) is 0 Å². The number of thioether (sulfide) groups is 1. The monoisotopic (exact) mass is 236 g/mol. The number of benzene rings is 1. The Labute approximate surface area is 101 Å². The number of ether oxygens (including phenoxy) is 1. The van der Waals surface area contributed by atoms with Crippen molar-refractivity contribution in [1.82, 2.24) is 0 Å². The molecule has 1 aromatic rings. The summed E-state index contributed by atoms with van der Waals surface area (Å²) in [6.07, 6.45) is 3.36. The van der Waals surface area contributed by atoms with Gasteiger partial charge in [0.2, 0.25) is 0 Å². The molecule has 0 aliphatic carbocycles. The van der Waals surface area contributed by atoms with E-state index >= 15 is 0 Å². The Morgan fingerprint density at radius 2 is 2.12 bits per heavy atom. The third-order valence-electron chi connectivity index (χ3n) is 2.02. The highest BCUT2D eigenvalue weighted by Crippen LogP contribution is 2.20. The van der Waals surface area contributed by atoms with Gasteiger partial charge in [0, 0.05) is 16.7 Å². The van der Waals surface area contributed by atoms with Crippen LogP contribution in [0, 0.1) is 5.92 Å². The van der Waals surface area contributed by atoms with Crippen LogP contribution in [-0.2, 0) is 9.53 Å². The van der Waals surface area contributed by atoms with Crippen molar-refractivity contribution < 1.29 is 9.53 Å². The van der Waals surface area contributed by atoms with Crippen LogP contribution in [0.15, 0.2) is 47.4 Å². The minimum atomic E-state index is -0.295. The maximum Gasteiger partial charge on any atom is 0.330 e. The van der Waals surface area contributed by atoms with Crippen LogP contribution < -0.4 is 0 Å². The third-order valence-corrected chi connectivity index (χ3v) is 3.32. The Morgan fingerprint density at radius 1 is 1.44 bits per heavy atom. The minimum Gasteiger partial charge on any atom is -0.466 e. The first kappa shape index (κ1) is 12.8. The summed E-state index contributed by atoms with van der Waals surface area (Å²) >= 11 is 1.78. The molecular formula is C13H16O2S. The van der Waals surface area contributed by atoms with Gasteiger partial charge in [0.1, 0.15) is 0 Å². The van der Waals surface area contributed by atoms with E-state index in [-0.39, 0.29) is 5.97 Å². The van der Waals surface area contributed by atoms with Crippen LogP contribution in [-0.4, -0.2) is 18.8 Å². The summed E-state index contributed by atoms with van der Waals surface area (Å²) in [4.78, 5) is 12.1. The number of carbonyl (C=O) groups is 1. The molecule has 1 atom stereocenters. The first-order valence-corrected chi connectivity index (χ1v) is 6.15. The molecule has 86 valence electrons. The molecule has 0 heterocycles. The van der Waals surface area contributed by atoms with Gasteiger partial charge < -0.3 is 4.74 Å². The lowest BCUT2D eigenvalue weighted by Crippen LogP contribution is -1.98. The molecule has 0 bridgehead atoms. The topological polar surface area (TPSA) is 26.3 Å². The SMILES string of the molecule is COC(=O)/C=C/[C@H](C)CSc1ccccc1. The molecule has 0 N–H and O–H groups in total. The summed E-state index contributed by atoms with van der Waals surface area (Å²) in [6, 6.07) is 10.2. The molecule has 0 saturated heterocycles. The van der Waals surface area contributed by atoms with Crippen LogP contribution in [0.5, 0.6) is 0 Å². The molecule has 1 rings (SSSR count). The molecular weight excluding hydrogens is 220 g/mol. The molecule has 16 heavy (non-hydrogen) atoms. The van der Waals surface area contributed by atoms with E-state index in [0.29, 0.717) is 5.92 Å². The fourth-order valence-electron chi connectivity index (χ4n) is 1.11. The first-order valence-electron chi connectivity index (χ1n) is 5.16. The zero-order valence-electron chi connectivity index (χ0n) is 9.55. The number of methoxy groups -OCH3 is 1. The number of allylic oxidation sites excluding steroid dienone is 1. The van der Waals surface area contributed by atoms with E-state index in [9.17, 15) is 4.79 Å². The molecule has 0 radical (unpaired) electrons. The molecule has 0 saturated carbocycles. The van der Waals surface area contributed by atoms with E-state index < -0.39 is 0 Å². The van der Waals surface area contributed by atoms with Gasteiger partial charge in [-0.1, -0.05) is 31.2 Å². The Balaban J connectivity index is 2.33. The van der Waals surface area contributed by atoms with Crippen molar-refractivity contribution in [3.63, 3.8) is 0 Å². The van der Waals surface area contributed by atoms with Crippen LogP contribution in [0.25, 0.3) is 0 Å². The molecule has 0 aromatic heterocycles. The van der Waals surface area contributed by atoms with Gasteiger partial charge in [-0.3, -0.25) is 0 Å². The van der Waals surface area contributed by atoms with E-state index in [2.05, 4.69) is 23.8 Å². The van der Waals surface area contributed by atoms with Crippen LogP contribution in [0.4, 0.5) is 0 Å². The molecule has 0 unspecified atom stereocenters. The van der Waals surface area contributed by atoms with Gasteiger partial charge in [0.15, 0.2) is 0 Å². The molecule has 2 nitrogen and oxygen atoms in total. The van der Waals surface area contributed by atoms with Gasteiger partial charge in [-0.15, -0.1) is 11.8 Å². The summed E-state index contributed by atoms with van der Waals surface area (Å²) in [5.74, 6) is 1.01. The van der Waals surface area contributed by atoms with Gasteiger partial charge in [-0.25, -0.2) is 4.79 Å². The van der Waals surface area contributed by atoms with Gasteiger partial charge in [0.25, 0.3) is 0 Å². The van der Waals surface area contributed by atoms with Crippen LogP contribution in [0.1, 0.15) is 6.92 Å². The second-order valence-corrected chi connectivity index (χ2v) is 4.58. The van der Waals surface area contributed by atoms with Crippen molar-refractivity contribution in [3.8, 4) is 0 Å². The lowest BCUT2D eigenvalue weighted by atomic mass is 10.2. The molecule has 0 aliphatic rings. The van der Waals surface area contributed by atoms with Crippen LogP contribution in [0.2, 0.25) is 0 Å². The summed E-state index contributed by atoms with van der Waals surface area (Å²) in [7, 11) is 1.38. The highest BCUT2D eigenvalue weighted by atomic mass is 32.2. The summed E-state index contributed by atoms with van der Waals surface area (Å²) in [5, 5.41) is 0. The van der Waals surface area contributed by atoms with E-state index in [1.54, 1.807) is 11.8 Å². The zero-order chi connectivity index (χ0) is 11.8. The van der Waals surface area contributed by atoms with Gasteiger partial charge in [0.05, 0.1) is 7.11 Å². The second kappa shape index (κ2) is 7.12. The van der Waals surface area contributed by atoms with Crippen molar-refractivity contribution in [2.45, 2.75) is 11.8 Å². The maximum atomic E-state index is 10.9. The molecule has 3 heteroatoms. The van der Waals surface area contributed by atoms with E-state index in [1.165, 1.54) is 18.1 Å². The second-order valence-electron chi connectivity index (χ2n) is 3.48. The smallest absolute Gasteiger partial charge is 0.330 e. The number of hydrogen-bond donors (Lipinski definition) is 0. The number of esters is 1. The maximum absolute atomic E-state index is 10.9. The van der Waals surface area contributed by atoms with Gasteiger partial charge in [-0.2, -0.15) is 0 Å².